The van der Waals surface area contributed by atoms with Crippen LogP contribution in [0.2, 0.25) is 0 Å². The van der Waals surface area contributed by atoms with Crippen LogP contribution in [0, 0.1) is 5.92 Å². The smallest absolute Gasteiger partial charge is 0.166 e. The van der Waals surface area contributed by atoms with Crippen LogP contribution in [0.15, 0.2) is 12.1 Å². The van der Waals surface area contributed by atoms with E-state index in [1.54, 1.807) is 20.3 Å². The van der Waals surface area contributed by atoms with E-state index in [4.69, 9.17) is 9.47 Å². The van der Waals surface area contributed by atoms with Crippen molar-refractivity contribution in [2.45, 2.75) is 13.3 Å². The van der Waals surface area contributed by atoms with Crippen LogP contribution in [0.5, 0.6) is 11.5 Å². The van der Waals surface area contributed by atoms with Gasteiger partial charge in [-0.3, -0.25) is 4.79 Å². The van der Waals surface area contributed by atoms with Gasteiger partial charge in [0.1, 0.15) is 0 Å². The molecular formula is C12H14O3. The Labute approximate surface area is 89.0 Å². The van der Waals surface area contributed by atoms with Crippen molar-refractivity contribution >= 4 is 5.78 Å². The van der Waals surface area contributed by atoms with Gasteiger partial charge in [0.2, 0.25) is 0 Å². The highest BCUT2D eigenvalue weighted by Crippen LogP contribution is 2.36. The van der Waals surface area contributed by atoms with Gasteiger partial charge < -0.3 is 9.47 Å². The van der Waals surface area contributed by atoms with Crippen molar-refractivity contribution in [1.29, 1.82) is 0 Å². The third kappa shape index (κ3) is 1.48. The van der Waals surface area contributed by atoms with Crippen LogP contribution in [0.25, 0.3) is 0 Å². The zero-order valence-corrected chi connectivity index (χ0v) is 9.16. The quantitative estimate of drug-likeness (QED) is 0.743. The average Bonchev–Trinajstić information content (AvgIpc) is 2.53. The molecule has 1 aliphatic carbocycles. The number of hydrogen-bond donors (Lipinski definition) is 0. The summed E-state index contributed by atoms with van der Waals surface area (Å²) in [5, 5.41) is 0. The number of carbonyl (C=O) groups excluding carboxylic acids is 1. The highest BCUT2D eigenvalue weighted by atomic mass is 16.5. The van der Waals surface area contributed by atoms with Gasteiger partial charge in [0.05, 0.1) is 14.2 Å². The Morgan fingerprint density at radius 2 is 1.80 bits per heavy atom. The minimum absolute atomic E-state index is 0.0804. The number of methoxy groups -OCH3 is 2. The first kappa shape index (κ1) is 10.0. The molecule has 0 radical (unpaired) electrons. The van der Waals surface area contributed by atoms with Gasteiger partial charge in [-0.1, -0.05) is 6.92 Å². The molecule has 0 spiro atoms. The van der Waals surface area contributed by atoms with Gasteiger partial charge in [0.25, 0.3) is 0 Å². The van der Waals surface area contributed by atoms with Crippen LogP contribution in [0.1, 0.15) is 22.8 Å². The fourth-order valence-electron chi connectivity index (χ4n) is 2.01. The summed E-state index contributed by atoms with van der Waals surface area (Å²) in [6.07, 6.45) is 0.800. The van der Waals surface area contributed by atoms with Gasteiger partial charge in [0, 0.05) is 11.5 Å². The zero-order valence-electron chi connectivity index (χ0n) is 9.16. The van der Waals surface area contributed by atoms with Crippen molar-refractivity contribution in [3.05, 3.63) is 23.3 Å². The molecule has 0 unspecified atom stereocenters. The number of benzene rings is 1. The molecule has 1 aromatic carbocycles. The van der Waals surface area contributed by atoms with Gasteiger partial charge in [-0.05, 0) is 24.1 Å². The first-order chi connectivity index (χ1) is 7.17. The molecule has 0 aromatic heterocycles. The average molecular weight is 206 g/mol. The zero-order chi connectivity index (χ0) is 11.0. The molecule has 0 N–H and O–H groups in total. The molecule has 0 amide bonds. The summed E-state index contributed by atoms with van der Waals surface area (Å²) >= 11 is 0. The molecule has 1 aliphatic rings. The molecule has 3 heteroatoms. The molecule has 0 fully saturated rings. The highest BCUT2D eigenvalue weighted by molar-refractivity contribution is 6.02. The number of ketones is 1. The Morgan fingerprint density at radius 3 is 2.40 bits per heavy atom. The standard InChI is InChI=1S/C12H14O3/c1-7-4-8-5-10(14-2)11(15-3)6-9(8)12(7)13/h5-7H,4H2,1-3H3/t7-/m1/s1. The van der Waals surface area contributed by atoms with E-state index in [0.29, 0.717) is 11.5 Å². The second-order valence-corrected chi connectivity index (χ2v) is 3.83. The lowest BCUT2D eigenvalue weighted by molar-refractivity contribution is 0.0946. The lowest BCUT2D eigenvalue weighted by atomic mass is 10.1. The Kier molecular flexibility index (Phi) is 2.39. The normalized spacial score (nSPS) is 18.9. The summed E-state index contributed by atoms with van der Waals surface area (Å²) in [6, 6.07) is 3.68. The maximum Gasteiger partial charge on any atom is 0.166 e. The molecule has 0 saturated heterocycles. The van der Waals surface area contributed by atoms with Gasteiger partial charge in [-0.15, -0.1) is 0 Å². The summed E-state index contributed by atoms with van der Waals surface area (Å²) < 4.78 is 10.4. The number of hydrogen-bond acceptors (Lipinski definition) is 3. The van der Waals surface area contributed by atoms with Crippen LogP contribution in [0.4, 0.5) is 0 Å². The Morgan fingerprint density at radius 1 is 1.20 bits per heavy atom. The molecule has 0 saturated carbocycles. The molecule has 0 heterocycles. The Balaban J connectivity index is 2.53. The van der Waals surface area contributed by atoms with Crippen LogP contribution in [0.3, 0.4) is 0 Å². The van der Waals surface area contributed by atoms with Crippen LogP contribution in [-0.4, -0.2) is 20.0 Å². The topological polar surface area (TPSA) is 35.5 Å². The Hall–Kier alpha value is -1.51. The number of rotatable bonds is 2. The number of fused-ring (bicyclic) bond motifs is 1. The molecule has 0 aliphatic heterocycles. The Bertz CT molecular complexity index is 410. The molecule has 3 nitrogen and oxygen atoms in total. The minimum atomic E-state index is 0.0804. The maximum atomic E-state index is 11.8. The van der Waals surface area contributed by atoms with E-state index in [2.05, 4.69) is 0 Å². The van der Waals surface area contributed by atoms with E-state index in [9.17, 15) is 4.79 Å². The first-order valence-electron chi connectivity index (χ1n) is 4.96. The van der Waals surface area contributed by atoms with Crippen molar-refractivity contribution in [2.75, 3.05) is 14.2 Å². The van der Waals surface area contributed by atoms with E-state index < -0.39 is 0 Å². The lowest BCUT2D eigenvalue weighted by Gasteiger charge is -2.09. The molecule has 15 heavy (non-hydrogen) atoms. The van der Waals surface area contributed by atoms with Crippen LogP contribution < -0.4 is 9.47 Å². The van der Waals surface area contributed by atoms with Crippen LogP contribution in [-0.2, 0) is 6.42 Å². The SMILES string of the molecule is COc1cc2c(cc1OC)C(=O)[C@H](C)C2. The van der Waals surface area contributed by atoms with E-state index in [1.807, 2.05) is 13.0 Å². The van der Waals surface area contributed by atoms with Crippen molar-refractivity contribution in [1.82, 2.24) is 0 Å². The number of carbonyl (C=O) groups is 1. The maximum absolute atomic E-state index is 11.8. The van der Waals surface area contributed by atoms with E-state index in [0.717, 1.165) is 17.5 Å². The number of ether oxygens (including phenoxy) is 2. The third-order valence-corrected chi connectivity index (χ3v) is 2.85. The summed E-state index contributed by atoms with van der Waals surface area (Å²) in [7, 11) is 3.18. The van der Waals surface area contributed by atoms with Crippen molar-refractivity contribution < 1.29 is 14.3 Å². The molecule has 0 bridgehead atoms. The summed E-state index contributed by atoms with van der Waals surface area (Å²) in [5.74, 6) is 1.60. The molecular weight excluding hydrogens is 192 g/mol. The minimum Gasteiger partial charge on any atom is -0.493 e. The molecule has 1 atom stereocenters. The van der Waals surface area contributed by atoms with E-state index >= 15 is 0 Å². The largest absolute Gasteiger partial charge is 0.493 e. The van der Waals surface area contributed by atoms with Crippen molar-refractivity contribution in [2.24, 2.45) is 5.92 Å². The van der Waals surface area contributed by atoms with Crippen molar-refractivity contribution in [3.8, 4) is 11.5 Å². The number of Topliss-reactive ketones (excluding diaryl/α,β-unsaturated/α-hetero) is 1. The highest BCUT2D eigenvalue weighted by Gasteiger charge is 2.28. The predicted molar refractivity (Wildman–Crippen MR) is 56.7 cm³/mol. The van der Waals surface area contributed by atoms with Crippen LogP contribution >= 0.6 is 0 Å². The third-order valence-electron chi connectivity index (χ3n) is 2.85. The van der Waals surface area contributed by atoms with E-state index in [-0.39, 0.29) is 11.7 Å². The summed E-state index contributed by atoms with van der Waals surface area (Å²) in [5.41, 5.74) is 1.84. The second-order valence-electron chi connectivity index (χ2n) is 3.83. The lowest BCUT2D eigenvalue weighted by Crippen LogP contribution is -2.03. The predicted octanol–water partition coefficient (Wildman–Crippen LogP) is 2.08. The fourth-order valence-corrected chi connectivity index (χ4v) is 2.01. The first-order valence-corrected chi connectivity index (χ1v) is 4.96. The van der Waals surface area contributed by atoms with Crippen molar-refractivity contribution in [3.63, 3.8) is 0 Å². The molecule has 1 aromatic rings. The van der Waals surface area contributed by atoms with Gasteiger partial charge in [-0.25, -0.2) is 0 Å². The summed E-state index contributed by atoms with van der Waals surface area (Å²) in [6.45, 7) is 1.95. The van der Waals surface area contributed by atoms with Gasteiger partial charge in [-0.2, -0.15) is 0 Å². The van der Waals surface area contributed by atoms with E-state index in [1.165, 1.54) is 0 Å². The summed E-state index contributed by atoms with van der Waals surface area (Å²) in [4.78, 5) is 11.8. The molecule has 80 valence electrons. The monoisotopic (exact) mass is 206 g/mol. The fraction of sp³-hybridized carbons (Fsp3) is 0.417. The van der Waals surface area contributed by atoms with Gasteiger partial charge in [0.15, 0.2) is 17.3 Å². The second kappa shape index (κ2) is 3.57. The molecule has 2 rings (SSSR count). The van der Waals surface area contributed by atoms with Gasteiger partial charge >= 0.3 is 0 Å².